The summed E-state index contributed by atoms with van der Waals surface area (Å²) >= 11 is 8.36. The van der Waals surface area contributed by atoms with Crippen LogP contribution in [0.3, 0.4) is 0 Å². The molecule has 0 unspecified atom stereocenters. The molecule has 2 aromatic rings. The van der Waals surface area contributed by atoms with Crippen LogP contribution in [0.5, 0.6) is 0 Å². The first kappa shape index (κ1) is 18.5. The van der Waals surface area contributed by atoms with Gasteiger partial charge in [-0.05, 0) is 36.5 Å². The van der Waals surface area contributed by atoms with Crippen LogP contribution in [0.25, 0.3) is 0 Å². The van der Waals surface area contributed by atoms with Crippen LogP contribution in [0.15, 0.2) is 60.7 Å². The fourth-order valence-corrected chi connectivity index (χ4v) is 1.94. The van der Waals surface area contributed by atoms with Gasteiger partial charge in [-0.3, -0.25) is 9.69 Å². The Kier molecular flexibility index (Phi) is 8.21. The second kappa shape index (κ2) is 10.2. The Hall–Kier alpha value is -2.56. The number of ether oxygens (including phenoxy) is 1. The molecule has 2 rings (SSSR count). The summed E-state index contributed by atoms with van der Waals surface area (Å²) in [4.78, 5) is 10.9. The van der Waals surface area contributed by atoms with Crippen LogP contribution in [0.2, 0.25) is 0 Å². The molecule has 1 amide bonds. The predicted molar refractivity (Wildman–Crippen MR) is 97.8 cm³/mol. The van der Waals surface area contributed by atoms with Crippen molar-refractivity contribution in [3.63, 3.8) is 0 Å². The average molecular weight is 345 g/mol. The van der Waals surface area contributed by atoms with Crippen LogP contribution >= 0.6 is 24.8 Å². The summed E-state index contributed by atoms with van der Waals surface area (Å²) in [5, 5.41) is 8.21. The van der Waals surface area contributed by atoms with Crippen LogP contribution in [0.1, 0.15) is 0 Å². The monoisotopic (exact) mass is 345 g/mol. The van der Waals surface area contributed by atoms with Crippen molar-refractivity contribution < 1.29 is 9.53 Å². The van der Waals surface area contributed by atoms with Crippen molar-refractivity contribution in [2.45, 2.75) is 0 Å². The van der Waals surface area contributed by atoms with Gasteiger partial charge >= 0.3 is 0 Å². The predicted octanol–water partition coefficient (Wildman–Crippen LogP) is 3.64. The number of rotatable bonds is 3. The number of amides is 1. The summed E-state index contributed by atoms with van der Waals surface area (Å²) in [6.45, 7) is -0.0605. The van der Waals surface area contributed by atoms with E-state index in [1.54, 1.807) is 4.90 Å². The Morgan fingerprint density at radius 2 is 1.52 bits per heavy atom. The van der Waals surface area contributed by atoms with Gasteiger partial charge in [0.1, 0.15) is 6.07 Å². The third-order valence-electron chi connectivity index (χ3n) is 2.47. The lowest BCUT2D eigenvalue weighted by Gasteiger charge is -2.24. The van der Waals surface area contributed by atoms with Crippen molar-refractivity contribution in [2.75, 3.05) is 11.5 Å². The topological polar surface area (TPSA) is 79.3 Å². The maximum absolute atomic E-state index is 9.09. The number of carbonyl (C=O) groups is 1. The average Bonchev–Trinajstić information content (AvgIpc) is 2.55. The Bertz CT molecular complexity index is 629. The lowest BCUT2D eigenvalue weighted by molar-refractivity contribution is 0.267. The van der Waals surface area contributed by atoms with Gasteiger partial charge in [-0.15, -0.1) is 0 Å². The number of para-hydroxylation sites is 2. The van der Waals surface area contributed by atoms with Gasteiger partial charge in [-0.25, -0.2) is 0 Å². The van der Waals surface area contributed by atoms with Gasteiger partial charge in [-0.1, -0.05) is 49.0 Å². The lowest BCUT2D eigenvalue weighted by Crippen LogP contribution is -2.26. The number of carbonyl (C=O) groups excluding carboxylic acids is 1. The highest BCUT2D eigenvalue weighted by atomic mass is 32.1. The van der Waals surface area contributed by atoms with Crippen LogP contribution < -0.4 is 10.6 Å². The van der Waals surface area contributed by atoms with Crippen molar-refractivity contribution >= 4 is 46.6 Å². The van der Waals surface area contributed by atoms with Crippen LogP contribution in [-0.4, -0.2) is 17.0 Å². The normalized spacial score (nSPS) is 8.87. The third kappa shape index (κ3) is 6.82. The first-order valence-corrected chi connectivity index (χ1v) is 7.34. The molecule has 118 valence electrons. The number of thiol groups is 1. The molecule has 0 saturated carbocycles. The zero-order chi connectivity index (χ0) is 17.1. The molecule has 0 bridgehead atoms. The third-order valence-corrected chi connectivity index (χ3v) is 2.77. The first-order valence-electron chi connectivity index (χ1n) is 6.48. The largest absolute Gasteiger partial charge is 0.455 e. The number of anilines is 2. The van der Waals surface area contributed by atoms with Crippen molar-refractivity contribution in [3.05, 3.63) is 60.7 Å². The minimum absolute atomic E-state index is 0.0605. The van der Waals surface area contributed by atoms with Gasteiger partial charge in [0.2, 0.25) is 0 Å². The number of thiocarbonyl (C=S) groups is 1. The molecule has 0 aromatic heterocycles. The number of primary amides is 1. The van der Waals surface area contributed by atoms with E-state index >= 15 is 0 Å². The zero-order valence-electron chi connectivity index (χ0n) is 12.1. The standard InChI is InChI=1S/C15H12N2OS.CH3NOS/c16-11-12-18-15(19)17(13-7-3-1-4-8-13)14-9-5-2-6-10-14;2-1(3)4/h1-10H,12H2;(H3,2,3,4). The van der Waals surface area contributed by atoms with Crippen LogP contribution in [-0.2, 0) is 4.74 Å². The smallest absolute Gasteiger partial charge is 0.273 e. The molecule has 2 aromatic carbocycles. The van der Waals surface area contributed by atoms with Crippen LogP contribution in [0.4, 0.5) is 16.2 Å². The van der Waals surface area contributed by atoms with Gasteiger partial charge in [0.25, 0.3) is 10.4 Å². The molecule has 0 heterocycles. The van der Waals surface area contributed by atoms with E-state index < -0.39 is 5.24 Å². The molecule has 23 heavy (non-hydrogen) atoms. The Labute approximate surface area is 145 Å². The minimum atomic E-state index is -0.639. The molecule has 0 aliphatic heterocycles. The molecule has 0 aliphatic rings. The molecule has 0 aliphatic carbocycles. The van der Waals surface area contributed by atoms with Crippen molar-refractivity contribution in [1.82, 2.24) is 0 Å². The van der Waals surface area contributed by atoms with Gasteiger partial charge in [-0.2, -0.15) is 5.26 Å². The lowest BCUT2D eigenvalue weighted by atomic mass is 10.2. The Morgan fingerprint density at radius 3 is 1.87 bits per heavy atom. The number of nitriles is 1. The van der Waals surface area contributed by atoms with Gasteiger partial charge in [0.05, 0.1) is 0 Å². The van der Waals surface area contributed by atoms with E-state index in [2.05, 4.69) is 18.4 Å². The molecule has 0 saturated heterocycles. The number of nitrogens with two attached hydrogens (primary N) is 1. The van der Waals surface area contributed by atoms with Gasteiger partial charge in [0, 0.05) is 11.4 Å². The summed E-state index contributed by atoms with van der Waals surface area (Å²) in [6, 6.07) is 21.3. The maximum atomic E-state index is 9.09. The molecular formula is C16H15N3O2S2. The first-order chi connectivity index (χ1) is 11.1. The van der Waals surface area contributed by atoms with E-state index in [4.69, 9.17) is 27.0 Å². The van der Waals surface area contributed by atoms with Gasteiger partial charge < -0.3 is 10.5 Å². The van der Waals surface area contributed by atoms with E-state index in [9.17, 15) is 0 Å². The Balaban J connectivity index is 0.000000593. The summed E-state index contributed by atoms with van der Waals surface area (Å²) in [7, 11) is 0. The number of hydrogen-bond donors (Lipinski definition) is 2. The molecule has 7 heteroatoms. The second-order valence-electron chi connectivity index (χ2n) is 4.06. The fraction of sp³-hybridized carbons (Fsp3) is 0.0625. The quantitative estimate of drug-likeness (QED) is 0.656. The summed E-state index contributed by atoms with van der Waals surface area (Å²) in [5.41, 5.74) is 6.14. The molecule has 0 radical (unpaired) electrons. The maximum Gasteiger partial charge on any atom is 0.273 e. The fourth-order valence-electron chi connectivity index (χ4n) is 1.67. The summed E-state index contributed by atoms with van der Waals surface area (Å²) in [6.07, 6.45) is 0. The van der Waals surface area contributed by atoms with Crippen LogP contribution in [0, 0.1) is 11.3 Å². The summed E-state index contributed by atoms with van der Waals surface area (Å²) in [5.74, 6) is 0. The summed E-state index contributed by atoms with van der Waals surface area (Å²) < 4.78 is 5.26. The van der Waals surface area contributed by atoms with E-state index in [0.717, 1.165) is 11.4 Å². The molecule has 0 atom stereocenters. The van der Waals surface area contributed by atoms with Gasteiger partial charge in [0.15, 0.2) is 6.61 Å². The highest BCUT2D eigenvalue weighted by molar-refractivity contribution is 7.96. The van der Waals surface area contributed by atoms with Crippen molar-refractivity contribution in [3.8, 4) is 6.07 Å². The molecule has 2 N–H and O–H groups in total. The van der Waals surface area contributed by atoms with E-state index in [1.807, 2.05) is 66.7 Å². The Morgan fingerprint density at radius 1 is 1.13 bits per heavy atom. The zero-order valence-corrected chi connectivity index (χ0v) is 13.8. The molecule has 5 nitrogen and oxygen atoms in total. The molecule has 0 fully saturated rings. The number of hydrogen-bond acceptors (Lipinski definition) is 4. The van der Waals surface area contributed by atoms with E-state index in [-0.39, 0.29) is 11.8 Å². The van der Waals surface area contributed by atoms with E-state index in [0.29, 0.717) is 0 Å². The van der Waals surface area contributed by atoms with Crippen molar-refractivity contribution in [1.29, 1.82) is 5.26 Å². The number of nitrogens with zero attached hydrogens (tertiary/aromatic N) is 2. The van der Waals surface area contributed by atoms with Crippen molar-refractivity contribution in [2.24, 2.45) is 5.73 Å². The molecule has 0 spiro atoms. The SMILES string of the molecule is N#CCOC(=S)N(c1ccccc1)c1ccccc1.NC(=O)S. The highest BCUT2D eigenvalue weighted by Crippen LogP contribution is 2.25. The van der Waals surface area contributed by atoms with E-state index in [1.165, 1.54) is 0 Å². The minimum Gasteiger partial charge on any atom is -0.455 e. The second-order valence-corrected chi connectivity index (χ2v) is 4.85. The number of benzene rings is 2. The molecular weight excluding hydrogens is 330 g/mol. The highest BCUT2D eigenvalue weighted by Gasteiger charge is 2.15.